The van der Waals surface area contributed by atoms with Crippen LogP contribution in [0.5, 0.6) is 5.75 Å². The highest BCUT2D eigenvalue weighted by Gasteiger charge is 2.19. The number of aromatic nitrogens is 2. The molecule has 2 aromatic carbocycles. The fourth-order valence-corrected chi connectivity index (χ4v) is 2.74. The van der Waals surface area contributed by atoms with E-state index in [-0.39, 0.29) is 6.04 Å². The molecule has 0 bridgehead atoms. The molecule has 1 unspecified atom stereocenters. The maximum atomic E-state index is 5.32. The first-order valence-electron chi connectivity index (χ1n) is 6.97. The van der Waals surface area contributed by atoms with E-state index in [4.69, 9.17) is 9.84 Å². The van der Waals surface area contributed by atoms with Crippen molar-refractivity contribution in [2.45, 2.75) is 6.04 Å². The van der Waals surface area contributed by atoms with Gasteiger partial charge in [-0.3, -0.25) is 4.68 Å². The van der Waals surface area contributed by atoms with E-state index >= 15 is 0 Å². The van der Waals surface area contributed by atoms with E-state index in [0.29, 0.717) is 0 Å². The van der Waals surface area contributed by atoms with Gasteiger partial charge in [-0.25, -0.2) is 0 Å². The fraction of sp³-hybridized carbons (Fsp3) is 0.235. The second-order valence-electron chi connectivity index (χ2n) is 5.02. The van der Waals surface area contributed by atoms with Gasteiger partial charge in [-0.1, -0.05) is 30.3 Å². The average molecular weight is 281 g/mol. The lowest BCUT2D eigenvalue weighted by molar-refractivity contribution is 0.413. The predicted molar refractivity (Wildman–Crippen MR) is 84.6 cm³/mol. The molecule has 21 heavy (non-hydrogen) atoms. The van der Waals surface area contributed by atoms with Crippen LogP contribution in [0.3, 0.4) is 0 Å². The molecule has 0 aliphatic heterocycles. The van der Waals surface area contributed by atoms with Gasteiger partial charge in [0.2, 0.25) is 0 Å². The summed E-state index contributed by atoms with van der Waals surface area (Å²) < 4.78 is 7.25. The van der Waals surface area contributed by atoms with Crippen LogP contribution in [0.1, 0.15) is 17.3 Å². The summed E-state index contributed by atoms with van der Waals surface area (Å²) in [6, 6.07) is 16.4. The van der Waals surface area contributed by atoms with E-state index in [1.165, 1.54) is 5.39 Å². The molecule has 0 amide bonds. The van der Waals surface area contributed by atoms with Gasteiger partial charge in [0.15, 0.2) is 0 Å². The first-order valence-corrected chi connectivity index (χ1v) is 6.97. The molecule has 1 atom stereocenters. The molecule has 0 saturated carbocycles. The maximum Gasteiger partial charge on any atom is 0.119 e. The standard InChI is InChI=1S/C17H19N3O/c1-18-16(12-7-6-8-13(11-12)21-3)17-14-9-4-5-10-15(14)20(2)19-17/h4-11,16,18H,1-3H3. The Hall–Kier alpha value is -2.33. The summed E-state index contributed by atoms with van der Waals surface area (Å²) in [6.45, 7) is 0. The van der Waals surface area contributed by atoms with Crippen LogP contribution in [0.25, 0.3) is 10.9 Å². The van der Waals surface area contributed by atoms with Crippen molar-refractivity contribution in [3.05, 3.63) is 59.8 Å². The first kappa shape index (κ1) is 13.6. The van der Waals surface area contributed by atoms with Crippen molar-refractivity contribution >= 4 is 10.9 Å². The zero-order chi connectivity index (χ0) is 14.8. The largest absolute Gasteiger partial charge is 0.497 e. The van der Waals surface area contributed by atoms with Crippen molar-refractivity contribution in [3.63, 3.8) is 0 Å². The number of hydrogen-bond acceptors (Lipinski definition) is 3. The zero-order valence-electron chi connectivity index (χ0n) is 12.5. The number of ether oxygens (including phenoxy) is 1. The summed E-state index contributed by atoms with van der Waals surface area (Å²) in [5.41, 5.74) is 3.31. The van der Waals surface area contributed by atoms with E-state index in [2.05, 4.69) is 23.5 Å². The molecule has 0 fully saturated rings. The molecule has 1 N–H and O–H groups in total. The molecule has 0 saturated heterocycles. The summed E-state index contributed by atoms with van der Waals surface area (Å²) in [5.74, 6) is 0.855. The second kappa shape index (κ2) is 5.58. The third-order valence-electron chi connectivity index (χ3n) is 3.78. The minimum Gasteiger partial charge on any atom is -0.497 e. The number of nitrogens with one attached hydrogen (secondary N) is 1. The molecule has 1 heterocycles. The van der Waals surface area contributed by atoms with Crippen LogP contribution < -0.4 is 10.1 Å². The SMILES string of the molecule is CNC(c1cccc(OC)c1)c1nn(C)c2ccccc12. The molecular weight excluding hydrogens is 262 g/mol. The number of rotatable bonds is 4. The predicted octanol–water partition coefficient (Wildman–Crippen LogP) is 2.89. The quantitative estimate of drug-likeness (QED) is 0.799. The van der Waals surface area contributed by atoms with E-state index in [9.17, 15) is 0 Å². The Labute approximate surface area is 124 Å². The van der Waals surface area contributed by atoms with Gasteiger partial charge in [-0.15, -0.1) is 0 Å². The minimum absolute atomic E-state index is 0.0335. The van der Waals surface area contributed by atoms with Crippen LogP contribution in [0.15, 0.2) is 48.5 Å². The van der Waals surface area contributed by atoms with Gasteiger partial charge in [-0.2, -0.15) is 5.10 Å². The summed E-state index contributed by atoms with van der Waals surface area (Å²) in [5, 5.41) is 9.23. The molecule has 0 aliphatic rings. The monoisotopic (exact) mass is 281 g/mol. The normalized spacial score (nSPS) is 12.5. The maximum absolute atomic E-state index is 5.32. The van der Waals surface area contributed by atoms with Crippen molar-refractivity contribution in [1.29, 1.82) is 0 Å². The Balaban J connectivity index is 2.14. The third kappa shape index (κ3) is 2.38. The van der Waals surface area contributed by atoms with Gasteiger partial charge < -0.3 is 10.1 Å². The van der Waals surface area contributed by atoms with Gasteiger partial charge in [0, 0.05) is 12.4 Å². The molecule has 3 aromatic rings. The van der Waals surface area contributed by atoms with E-state index in [1.54, 1.807) is 7.11 Å². The molecular formula is C17H19N3O. The molecule has 0 spiro atoms. The van der Waals surface area contributed by atoms with Gasteiger partial charge in [0.05, 0.1) is 24.4 Å². The third-order valence-corrected chi connectivity index (χ3v) is 3.78. The van der Waals surface area contributed by atoms with Crippen LogP contribution in [0.2, 0.25) is 0 Å². The highest BCUT2D eigenvalue weighted by atomic mass is 16.5. The number of methoxy groups -OCH3 is 1. The molecule has 3 rings (SSSR count). The number of nitrogens with zero attached hydrogens (tertiary/aromatic N) is 2. The highest BCUT2D eigenvalue weighted by Crippen LogP contribution is 2.29. The van der Waals surface area contributed by atoms with Crippen LogP contribution in [-0.2, 0) is 7.05 Å². The topological polar surface area (TPSA) is 39.1 Å². The minimum atomic E-state index is 0.0335. The van der Waals surface area contributed by atoms with E-state index in [0.717, 1.165) is 22.5 Å². The summed E-state index contributed by atoms with van der Waals surface area (Å²) in [6.07, 6.45) is 0. The summed E-state index contributed by atoms with van der Waals surface area (Å²) >= 11 is 0. The molecule has 1 aromatic heterocycles. The number of benzene rings is 2. The lowest BCUT2D eigenvalue weighted by atomic mass is 10.0. The number of fused-ring (bicyclic) bond motifs is 1. The molecule has 0 radical (unpaired) electrons. The summed E-state index contributed by atoms with van der Waals surface area (Å²) in [7, 11) is 5.61. The van der Waals surface area contributed by atoms with Crippen molar-refractivity contribution in [3.8, 4) is 5.75 Å². The molecule has 4 heteroatoms. The Morgan fingerprint density at radius 2 is 1.95 bits per heavy atom. The molecule has 4 nitrogen and oxygen atoms in total. The number of para-hydroxylation sites is 1. The second-order valence-corrected chi connectivity index (χ2v) is 5.02. The Morgan fingerprint density at radius 3 is 2.71 bits per heavy atom. The number of aryl methyl sites for hydroxylation is 1. The van der Waals surface area contributed by atoms with Crippen molar-refractivity contribution in [2.75, 3.05) is 14.2 Å². The summed E-state index contributed by atoms with van der Waals surface area (Å²) in [4.78, 5) is 0. The van der Waals surface area contributed by atoms with Crippen molar-refractivity contribution in [1.82, 2.24) is 15.1 Å². The van der Waals surface area contributed by atoms with Gasteiger partial charge in [-0.05, 0) is 30.8 Å². The van der Waals surface area contributed by atoms with Crippen molar-refractivity contribution < 1.29 is 4.74 Å². The van der Waals surface area contributed by atoms with Crippen LogP contribution in [0, 0.1) is 0 Å². The van der Waals surface area contributed by atoms with E-state index in [1.807, 2.05) is 49.1 Å². The van der Waals surface area contributed by atoms with Gasteiger partial charge in [0.1, 0.15) is 5.75 Å². The Kier molecular flexibility index (Phi) is 3.62. The first-order chi connectivity index (χ1) is 10.2. The fourth-order valence-electron chi connectivity index (χ4n) is 2.74. The highest BCUT2D eigenvalue weighted by molar-refractivity contribution is 5.82. The molecule has 108 valence electrons. The van der Waals surface area contributed by atoms with Crippen molar-refractivity contribution in [2.24, 2.45) is 7.05 Å². The lowest BCUT2D eigenvalue weighted by Crippen LogP contribution is -2.18. The van der Waals surface area contributed by atoms with Crippen LogP contribution in [0.4, 0.5) is 0 Å². The van der Waals surface area contributed by atoms with Crippen LogP contribution >= 0.6 is 0 Å². The lowest BCUT2D eigenvalue weighted by Gasteiger charge is -2.15. The Morgan fingerprint density at radius 1 is 1.14 bits per heavy atom. The van der Waals surface area contributed by atoms with Gasteiger partial charge in [0.25, 0.3) is 0 Å². The average Bonchev–Trinajstić information content (AvgIpc) is 2.86. The Bertz CT molecular complexity index is 764. The smallest absolute Gasteiger partial charge is 0.119 e. The van der Waals surface area contributed by atoms with Gasteiger partial charge >= 0.3 is 0 Å². The van der Waals surface area contributed by atoms with E-state index < -0.39 is 0 Å². The zero-order valence-corrected chi connectivity index (χ0v) is 12.5. The molecule has 0 aliphatic carbocycles. The van der Waals surface area contributed by atoms with Crippen LogP contribution in [-0.4, -0.2) is 23.9 Å². The number of hydrogen-bond donors (Lipinski definition) is 1.